The molecule has 0 heterocycles. The van der Waals surface area contributed by atoms with Gasteiger partial charge in [0.25, 0.3) is 0 Å². The summed E-state index contributed by atoms with van der Waals surface area (Å²) in [5.74, 6) is 0. The van der Waals surface area contributed by atoms with Gasteiger partial charge in [0.1, 0.15) is 0 Å². The van der Waals surface area contributed by atoms with E-state index >= 15 is 0 Å². The molecule has 0 saturated carbocycles. The van der Waals surface area contributed by atoms with Crippen molar-refractivity contribution in [2.45, 2.75) is 5.41 Å². The van der Waals surface area contributed by atoms with E-state index in [-0.39, 0.29) is 0 Å². The summed E-state index contributed by atoms with van der Waals surface area (Å²) in [6.07, 6.45) is 0. The predicted octanol–water partition coefficient (Wildman–Crippen LogP) is 16.3. The second-order valence-corrected chi connectivity index (χ2v) is 17.0. The van der Waals surface area contributed by atoms with Crippen LogP contribution in [-0.2, 0) is 5.41 Å². The van der Waals surface area contributed by atoms with Crippen molar-refractivity contribution >= 4 is 64.6 Å². The number of benzene rings is 12. The Labute approximate surface area is 353 Å². The lowest BCUT2D eigenvalue weighted by Crippen LogP contribution is -2.26. The highest BCUT2D eigenvalue weighted by molar-refractivity contribution is 6.28. The highest BCUT2D eigenvalue weighted by atomic mass is 14.5. The van der Waals surface area contributed by atoms with Crippen molar-refractivity contribution in [2.24, 2.45) is 0 Å². The van der Waals surface area contributed by atoms with E-state index in [9.17, 15) is 0 Å². The lowest BCUT2D eigenvalue weighted by Gasteiger charge is -2.32. The Morgan fingerprint density at radius 2 is 0.623 bits per heavy atom. The monoisotopic (exact) mass is 768 g/mol. The third-order valence-corrected chi connectivity index (χ3v) is 14.2. The van der Waals surface area contributed by atoms with Crippen molar-refractivity contribution in [3.8, 4) is 44.5 Å². The smallest absolute Gasteiger partial charge is 0.0619 e. The molecule has 0 fully saturated rings. The van der Waals surface area contributed by atoms with Crippen LogP contribution in [0.15, 0.2) is 218 Å². The summed E-state index contributed by atoms with van der Waals surface area (Å²) in [6, 6.07) is 82.5. The van der Waals surface area contributed by atoms with Crippen LogP contribution < -0.4 is 0 Å². The van der Waals surface area contributed by atoms with Gasteiger partial charge in [0.2, 0.25) is 0 Å². The van der Waals surface area contributed by atoms with Gasteiger partial charge >= 0.3 is 0 Å². The van der Waals surface area contributed by atoms with Gasteiger partial charge in [0, 0.05) is 0 Å². The molecular weight excluding hydrogens is 733 g/mol. The quantitative estimate of drug-likeness (QED) is 0.121. The van der Waals surface area contributed by atoms with E-state index in [1.54, 1.807) is 0 Å². The van der Waals surface area contributed by atoms with Crippen LogP contribution >= 0.6 is 0 Å². The lowest BCUT2D eigenvalue weighted by molar-refractivity contribution is 0.802. The van der Waals surface area contributed by atoms with Crippen LogP contribution in [-0.4, -0.2) is 0 Å². The van der Waals surface area contributed by atoms with E-state index in [1.165, 1.54) is 131 Å². The molecule has 0 N–H and O–H groups in total. The second-order valence-electron chi connectivity index (χ2n) is 17.0. The minimum absolute atomic E-state index is 0.507. The zero-order chi connectivity index (χ0) is 39.8. The van der Waals surface area contributed by atoms with Gasteiger partial charge in [-0.15, -0.1) is 0 Å². The van der Waals surface area contributed by atoms with Crippen molar-refractivity contribution in [3.63, 3.8) is 0 Å². The molecular formula is C61H36. The molecule has 0 aliphatic heterocycles. The number of rotatable bonds is 2. The summed E-state index contributed by atoms with van der Waals surface area (Å²) < 4.78 is 0. The van der Waals surface area contributed by atoms with Gasteiger partial charge in [-0.2, -0.15) is 0 Å². The van der Waals surface area contributed by atoms with Crippen LogP contribution in [0, 0.1) is 0 Å². The van der Waals surface area contributed by atoms with Crippen LogP contribution in [0.1, 0.15) is 22.3 Å². The van der Waals surface area contributed by atoms with Gasteiger partial charge in [-0.3, -0.25) is 0 Å². The topological polar surface area (TPSA) is 0 Å². The fraction of sp³-hybridized carbons (Fsp3) is 0.0164. The van der Waals surface area contributed by atoms with Crippen LogP contribution in [0.5, 0.6) is 0 Å². The van der Waals surface area contributed by atoms with Crippen LogP contribution in [0.2, 0.25) is 0 Å². The van der Waals surface area contributed by atoms with Gasteiger partial charge < -0.3 is 0 Å². The standard InChI is InChI=1S/C61H36/c1-4-20-40-37(17-1)33-34-51-59-46-26-8-7-23-43(46)53(36-56(59)61(60(40)51)54-31-15-13-24-44(54)45-25-14-16-32-55(45)61)58-49-29-11-9-27-47(49)57(48-28-10-12-30-50(48)58)52-35-38-18-2-3-19-39(38)41-21-5-6-22-42(41)52/h1-36H. The molecule has 0 aromatic heterocycles. The maximum Gasteiger partial charge on any atom is 0.0731 e. The van der Waals surface area contributed by atoms with Crippen molar-refractivity contribution in [1.29, 1.82) is 0 Å². The Hall–Kier alpha value is -7.80. The third kappa shape index (κ3) is 4.19. The summed E-state index contributed by atoms with van der Waals surface area (Å²) in [7, 11) is 0. The second kappa shape index (κ2) is 12.1. The van der Waals surface area contributed by atoms with E-state index in [2.05, 4.69) is 218 Å². The number of hydrogen-bond donors (Lipinski definition) is 0. The fourth-order valence-corrected chi connectivity index (χ4v) is 12.0. The maximum absolute atomic E-state index is 2.62. The first-order valence-corrected chi connectivity index (χ1v) is 21.4. The Morgan fingerprint density at radius 3 is 1.21 bits per heavy atom. The normalized spacial score (nSPS) is 13.4. The molecule has 0 nitrogen and oxygen atoms in total. The summed E-state index contributed by atoms with van der Waals surface area (Å²) in [5.41, 5.74) is 15.4. The predicted molar refractivity (Wildman–Crippen MR) is 259 cm³/mol. The Kier molecular flexibility index (Phi) is 6.58. The zero-order valence-electron chi connectivity index (χ0n) is 33.3. The number of hydrogen-bond acceptors (Lipinski definition) is 0. The fourth-order valence-electron chi connectivity index (χ4n) is 12.0. The summed E-state index contributed by atoms with van der Waals surface area (Å²) in [6.45, 7) is 0. The van der Waals surface area contributed by atoms with Gasteiger partial charge in [0.15, 0.2) is 0 Å². The maximum atomic E-state index is 2.62. The number of fused-ring (bicyclic) bond motifs is 19. The van der Waals surface area contributed by atoms with Crippen LogP contribution in [0.4, 0.5) is 0 Å². The minimum atomic E-state index is -0.507. The molecule has 0 radical (unpaired) electrons. The molecule has 2 aliphatic carbocycles. The first-order valence-electron chi connectivity index (χ1n) is 21.4. The lowest BCUT2D eigenvalue weighted by atomic mass is 9.68. The largest absolute Gasteiger partial charge is 0.0731 e. The van der Waals surface area contributed by atoms with E-state index in [0.717, 1.165) is 0 Å². The minimum Gasteiger partial charge on any atom is -0.0619 e. The van der Waals surface area contributed by atoms with Crippen molar-refractivity contribution in [2.75, 3.05) is 0 Å². The molecule has 14 rings (SSSR count). The molecule has 0 amide bonds. The zero-order valence-corrected chi connectivity index (χ0v) is 33.3. The average molecular weight is 769 g/mol. The molecule has 12 aromatic carbocycles. The van der Waals surface area contributed by atoms with Crippen LogP contribution in [0.3, 0.4) is 0 Å². The molecule has 12 aromatic rings. The first kappa shape index (κ1) is 33.1. The molecule has 1 spiro atoms. The molecule has 0 atom stereocenters. The molecule has 280 valence electrons. The van der Waals surface area contributed by atoms with Gasteiger partial charge in [-0.1, -0.05) is 206 Å². The van der Waals surface area contributed by atoms with Gasteiger partial charge in [-0.25, -0.2) is 0 Å². The van der Waals surface area contributed by atoms with Gasteiger partial charge in [-0.05, 0) is 144 Å². The summed E-state index contributed by atoms with van der Waals surface area (Å²) in [5, 5.41) is 15.3. The SMILES string of the molecule is c1ccc2c(c1)-c1ccccc1C21c2cc(-c3c4ccccc4c(-c4cc5ccccc5c5ccccc45)c4ccccc34)c3ccccc3c2-c2ccc3ccccc3c21. The summed E-state index contributed by atoms with van der Waals surface area (Å²) in [4.78, 5) is 0. The van der Waals surface area contributed by atoms with Crippen LogP contribution in [0.25, 0.3) is 109 Å². The highest BCUT2D eigenvalue weighted by Crippen LogP contribution is 2.66. The molecule has 0 bridgehead atoms. The van der Waals surface area contributed by atoms with Crippen molar-refractivity contribution in [3.05, 3.63) is 241 Å². The summed E-state index contributed by atoms with van der Waals surface area (Å²) >= 11 is 0. The van der Waals surface area contributed by atoms with E-state index in [4.69, 9.17) is 0 Å². The third-order valence-electron chi connectivity index (χ3n) is 14.2. The highest BCUT2D eigenvalue weighted by Gasteiger charge is 2.53. The molecule has 0 unspecified atom stereocenters. The molecule has 0 saturated heterocycles. The van der Waals surface area contributed by atoms with Gasteiger partial charge in [0.05, 0.1) is 5.41 Å². The molecule has 0 heteroatoms. The first-order chi connectivity index (χ1) is 30.3. The average Bonchev–Trinajstić information content (AvgIpc) is 3.80. The molecule has 2 aliphatic rings. The van der Waals surface area contributed by atoms with Crippen molar-refractivity contribution < 1.29 is 0 Å². The Balaban J connectivity index is 1.17. The van der Waals surface area contributed by atoms with E-state index < -0.39 is 5.41 Å². The van der Waals surface area contributed by atoms with E-state index in [0.29, 0.717) is 0 Å². The van der Waals surface area contributed by atoms with E-state index in [1.807, 2.05) is 0 Å². The molecule has 61 heavy (non-hydrogen) atoms. The Bertz CT molecular complexity index is 3780. The van der Waals surface area contributed by atoms with Crippen molar-refractivity contribution in [1.82, 2.24) is 0 Å². The Morgan fingerprint density at radius 1 is 0.213 bits per heavy atom.